The molecule has 4 N–H and O–H groups in total. The zero-order valence-electron chi connectivity index (χ0n) is 10.3. The Morgan fingerprint density at radius 2 is 2.00 bits per heavy atom. The van der Waals surface area contributed by atoms with Gasteiger partial charge in [0.2, 0.25) is 5.91 Å². The fraction of sp³-hybridized carbons (Fsp3) is 0.462. The van der Waals surface area contributed by atoms with E-state index in [2.05, 4.69) is 5.32 Å². The molecule has 4 heteroatoms. The summed E-state index contributed by atoms with van der Waals surface area (Å²) in [6.07, 6.45) is -1.12. The molecule has 0 heterocycles. The van der Waals surface area contributed by atoms with Gasteiger partial charge in [0.15, 0.2) is 0 Å². The number of rotatable bonds is 5. The van der Waals surface area contributed by atoms with Crippen molar-refractivity contribution in [3.8, 4) is 0 Å². The summed E-state index contributed by atoms with van der Waals surface area (Å²) in [5.41, 5.74) is 6.18. The largest absolute Gasteiger partial charge is 0.382 e. The second kappa shape index (κ2) is 5.80. The van der Waals surface area contributed by atoms with Gasteiger partial charge in [-0.15, -0.1) is 0 Å². The van der Waals surface area contributed by atoms with E-state index in [0.717, 1.165) is 5.56 Å². The number of benzene rings is 1. The molecule has 0 radical (unpaired) electrons. The molecule has 1 rings (SSSR count). The number of carbonyl (C=O) groups is 1. The van der Waals surface area contributed by atoms with Gasteiger partial charge in [-0.1, -0.05) is 44.2 Å². The lowest BCUT2D eigenvalue weighted by molar-refractivity contribution is -0.129. The molecule has 4 nitrogen and oxygen atoms in total. The molecule has 17 heavy (non-hydrogen) atoms. The van der Waals surface area contributed by atoms with Gasteiger partial charge in [-0.3, -0.25) is 4.79 Å². The number of nitrogens with one attached hydrogen (secondary N) is 1. The molecular weight excluding hydrogens is 216 g/mol. The molecule has 0 saturated heterocycles. The van der Waals surface area contributed by atoms with Crippen molar-refractivity contribution in [1.82, 2.24) is 5.32 Å². The minimum atomic E-state index is -1.12. The Morgan fingerprint density at radius 3 is 2.53 bits per heavy atom. The van der Waals surface area contributed by atoms with E-state index in [4.69, 9.17) is 5.73 Å². The van der Waals surface area contributed by atoms with Gasteiger partial charge < -0.3 is 16.2 Å². The summed E-state index contributed by atoms with van der Waals surface area (Å²) in [7, 11) is 0. The predicted octanol–water partition coefficient (Wildman–Crippen LogP) is 0.400. The van der Waals surface area contributed by atoms with Gasteiger partial charge in [0.05, 0.1) is 0 Å². The summed E-state index contributed by atoms with van der Waals surface area (Å²) in [6.45, 7) is 4.49. The number of aliphatic hydroxyl groups is 1. The maximum Gasteiger partial charge on any atom is 0.250 e. The topological polar surface area (TPSA) is 75.3 Å². The van der Waals surface area contributed by atoms with E-state index in [1.165, 1.54) is 0 Å². The van der Waals surface area contributed by atoms with Crippen molar-refractivity contribution in [3.63, 3.8) is 0 Å². The van der Waals surface area contributed by atoms with E-state index in [1.54, 1.807) is 0 Å². The third kappa shape index (κ3) is 3.84. The van der Waals surface area contributed by atoms with E-state index in [0.29, 0.717) is 6.54 Å². The van der Waals surface area contributed by atoms with Crippen molar-refractivity contribution in [2.24, 2.45) is 5.73 Å². The highest BCUT2D eigenvalue weighted by Gasteiger charge is 2.22. The fourth-order valence-corrected chi connectivity index (χ4v) is 1.52. The van der Waals surface area contributed by atoms with Crippen LogP contribution in [-0.4, -0.2) is 30.2 Å². The van der Waals surface area contributed by atoms with Crippen molar-refractivity contribution in [1.29, 1.82) is 0 Å². The van der Waals surface area contributed by atoms with Crippen molar-refractivity contribution in [2.75, 3.05) is 13.1 Å². The number of nitrogens with two attached hydrogens (primary N) is 1. The van der Waals surface area contributed by atoms with Crippen molar-refractivity contribution < 1.29 is 9.90 Å². The Morgan fingerprint density at radius 1 is 1.41 bits per heavy atom. The average Bonchev–Trinajstić information content (AvgIpc) is 2.36. The van der Waals surface area contributed by atoms with Crippen LogP contribution in [0.25, 0.3) is 0 Å². The zero-order chi connectivity index (χ0) is 12.9. The molecule has 1 amide bonds. The van der Waals surface area contributed by atoms with Gasteiger partial charge in [0.25, 0.3) is 0 Å². The number of aliphatic hydroxyl groups excluding tert-OH is 1. The lowest BCUT2D eigenvalue weighted by Gasteiger charge is -2.26. The molecule has 0 fully saturated rings. The first-order valence-electron chi connectivity index (χ1n) is 5.69. The van der Waals surface area contributed by atoms with Gasteiger partial charge in [0.1, 0.15) is 6.10 Å². The van der Waals surface area contributed by atoms with Crippen LogP contribution in [0.5, 0.6) is 0 Å². The number of hydrogen-bond donors (Lipinski definition) is 3. The number of carbonyl (C=O) groups excluding carboxylic acids is 1. The number of hydrogen-bond acceptors (Lipinski definition) is 3. The molecule has 1 aromatic carbocycles. The molecule has 1 unspecified atom stereocenters. The van der Waals surface area contributed by atoms with Crippen LogP contribution in [0.4, 0.5) is 0 Å². The van der Waals surface area contributed by atoms with Crippen LogP contribution < -0.4 is 11.1 Å². The maximum atomic E-state index is 11.4. The summed E-state index contributed by atoms with van der Waals surface area (Å²) in [6, 6.07) is 9.93. The van der Waals surface area contributed by atoms with Crippen LogP contribution in [0.1, 0.15) is 19.4 Å². The molecule has 0 aromatic heterocycles. The van der Waals surface area contributed by atoms with E-state index < -0.39 is 12.0 Å². The molecule has 1 atom stereocenters. The van der Waals surface area contributed by atoms with Crippen molar-refractivity contribution >= 4 is 5.91 Å². The third-order valence-corrected chi connectivity index (χ3v) is 2.79. The zero-order valence-corrected chi connectivity index (χ0v) is 10.3. The maximum absolute atomic E-state index is 11.4. The molecule has 94 valence electrons. The predicted molar refractivity (Wildman–Crippen MR) is 67.5 cm³/mol. The van der Waals surface area contributed by atoms with Crippen LogP contribution in [0, 0.1) is 0 Å². The van der Waals surface area contributed by atoms with E-state index >= 15 is 0 Å². The summed E-state index contributed by atoms with van der Waals surface area (Å²) < 4.78 is 0. The minimum Gasteiger partial charge on any atom is -0.382 e. The first-order valence-corrected chi connectivity index (χ1v) is 5.69. The molecule has 0 aliphatic carbocycles. The van der Waals surface area contributed by atoms with Crippen molar-refractivity contribution in [3.05, 3.63) is 35.9 Å². The van der Waals surface area contributed by atoms with Crippen LogP contribution in [0.15, 0.2) is 30.3 Å². The highest BCUT2D eigenvalue weighted by molar-refractivity contribution is 5.80. The molecule has 0 aliphatic heterocycles. The quantitative estimate of drug-likeness (QED) is 0.692. The van der Waals surface area contributed by atoms with Crippen LogP contribution in [-0.2, 0) is 10.2 Å². The molecule has 0 aliphatic rings. The van der Waals surface area contributed by atoms with Crippen molar-refractivity contribution in [2.45, 2.75) is 25.4 Å². The average molecular weight is 236 g/mol. The van der Waals surface area contributed by atoms with Gasteiger partial charge in [-0.05, 0) is 5.56 Å². The Kier molecular flexibility index (Phi) is 4.66. The standard InChI is InChI=1S/C13H20N2O2/c1-13(2,10-6-4-3-5-7-10)9-15-12(17)11(16)8-14/h3-7,11,16H,8-9,14H2,1-2H3,(H,15,17). The summed E-state index contributed by atoms with van der Waals surface area (Å²) in [5, 5.41) is 12.0. The first kappa shape index (κ1) is 13.7. The first-order chi connectivity index (χ1) is 7.97. The highest BCUT2D eigenvalue weighted by Crippen LogP contribution is 2.21. The van der Waals surface area contributed by atoms with Gasteiger partial charge in [-0.2, -0.15) is 0 Å². The Labute approximate surface area is 102 Å². The normalized spacial score (nSPS) is 13.2. The van der Waals surface area contributed by atoms with Crippen LogP contribution in [0.3, 0.4) is 0 Å². The summed E-state index contributed by atoms with van der Waals surface area (Å²) >= 11 is 0. The van der Waals surface area contributed by atoms with E-state index in [9.17, 15) is 9.90 Å². The summed E-state index contributed by atoms with van der Waals surface area (Å²) in [4.78, 5) is 11.4. The lowest BCUT2D eigenvalue weighted by atomic mass is 9.84. The minimum absolute atomic E-state index is 0.0579. The van der Waals surface area contributed by atoms with Gasteiger partial charge >= 0.3 is 0 Å². The SMILES string of the molecule is CC(C)(CNC(=O)C(O)CN)c1ccccc1. The van der Waals surface area contributed by atoms with E-state index in [1.807, 2.05) is 44.2 Å². The van der Waals surface area contributed by atoms with Crippen LogP contribution >= 0.6 is 0 Å². The smallest absolute Gasteiger partial charge is 0.250 e. The fourth-order valence-electron chi connectivity index (χ4n) is 1.52. The molecule has 0 saturated carbocycles. The Balaban J connectivity index is 2.59. The number of amides is 1. The molecule has 1 aromatic rings. The highest BCUT2D eigenvalue weighted by atomic mass is 16.3. The molecular formula is C13H20N2O2. The summed E-state index contributed by atoms with van der Waals surface area (Å²) in [5.74, 6) is -0.420. The monoisotopic (exact) mass is 236 g/mol. The van der Waals surface area contributed by atoms with Gasteiger partial charge in [0, 0.05) is 18.5 Å². The third-order valence-electron chi connectivity index (χ3n) is 2.79. The molecule has 0 bridgehead atoms. The molecule has 0 spiro atoms. The van der Waals surface area contributed by atoms with Crippen LogP contribution in [0.2, 0.25) is 0 Å². The Bertz CT molecular complexity index is 363. The van der Waals surface area contributed by atoms with E-state index in [-0.39, 0.29) is 12.0 Å². The second-order valence-electron chi connectivity index (χ2n) is 4.72. The lowest BCUT2D eigenvalue weighted by Crippen LogP contribution is -2.44. The Hall–Kier alpha value is -1.39. The van der Waals surface area contributed by atoms with Gasteiger partial charge in [-0.25, -0.2) is 0 Å². The second-order valence-corrected chi connectivity index (χ2v) is 4.72.